The number of ether oxygens (including phenoxy) is 2. The Balaban J connectivity index is 2.29. The summed E-state index contributed by atoms with van der Waals surface area (Å²) >= 11 is 0. The van der Waals surface area contributed by atoms with Crippen LogP contribution in [0.15, 0.2) is 36.9 Å². The Labute approximate surface area is 93.3 Å². The monoisotopic (exact) mass is 213 g/mol. The van der Waals surface area contributed by atoms with Crippen molar-refractivity contribution in [3.63, 3.8) is 0 Å². The van der Waals surface area contributed by atoms with Crippen molar-refractivity contribution in [1.29, 1.82) is 0 Å². The lowest BCUT2D eigenvalue weighted by Gasteiger charge is -2.08. The molecule has 0 amide bonds. The Morgan fingerprint density at radius 1 is 1.38 bits per heavy atom. The predicted octanol–water partition coefficient (Wildman–Crippen LogP) is 2.88. The molecule has 3 nitrogen and oxygen atoms in total. The lowest BCUT2D eigenvalue weighted by molar-refractivity contribution is -0.0646. The molecule has 0 saturated carbocycles. The first kappa shape index (κ1) is 9.36. The molecule has 16 heavy (non-hydrogen) atoms. The lowest BCUT2D eigenvalue weighted by atomic mass is 10.1. The van der Waals surface area contributed by atoms with Gasteiger partial charge in [0.15, 0.2) is 0 Å². The fraction of sp³-hybridized carbons (Fsp3) is 0.154. The van der Waals surface area contributed by atoms with E-state index in [1.165, 1.54) is 0 Å². The number of benzene rings is 1. The molecule has 0 fully saturated rings. The van der Waals surface area contributed by atoms with Crippen LogP contribution < -0.4 is 0 Å². The number of aromatic nitrogens is 1. The molecule has 3 heteroatoms. The molecule has 1 aliphatic heterocycles. The van der Waals surface area contributed by atoms with Gasteiger partial charge < -0.3 is 9.47 Å². The second kappa shape index (κ2) is 3.32. The van der Waals surface area contributed by atoms with Gasteiger partial charge in [-0.2, -0.15) is 0 Å². The number of methoxy groups -OCH3 is 1. The summed E-state index contributed by atoms with van der Waals surface area (Å²) in [4.78, 5) is 4.53. The maximum Gasteiger partial charge on any atom is 0.228 e. The molecule has 1 aromatic carbocycles. The van der Waals surface area contributed by atoms with Gasteiger partial charge in [0.05, 0.1) is 11.1 Å². The van der Waals surface area contributed by atoms with Crippen LogP contribution in [0, 0.1) is 0 Å². The molecule has 0 bridgehead atoms. The van der Waals surface area contributed by atoms with Crippen molar-refractivity contribution in [1.82, 2.24) is 4.98 Å². The first-order chi connectivity index (χ1) is 7.79. The van der Waals surface area contributed by atoms with Gasteiger partial charge in [-0.1, -0.05) is 24.8 Å². The second-order valence-electron chi connectivity index (χ2n) is 3.73. The summed E-state index contributed by atoms with van der Waals surface area (Å²) in [6, 6.07) is 10.0. The van der Waals surface area contributed by atoms with E-state index in [-0.39, 0.29) is 6.29 Å². The zero-order valence-corrected chi connectivity index (χ0v) is 8.93. The summed E-state index contributed by atoms with van der Waals surface area (Å²) in [5, 5.41) is 1.08. The van der Waals surface area contributed by atoms with Crippen LogP contribution >= 0.6 is 0 Å². The predicted molar refractivity (Wildman–Crippen MR) is 61.6 cm³/mol. The molecular weight excluding hydrogens is 202 g/mol. The van der Waals surface area contributed by atoms with Crippen molar-refractivity contribution in [2.45, 2.75) is 6.29 Å². The molecule has 0 spiro atoms. The highest BCUT2D eigenvalue weighted by Gasteiger charge is 2.28. The van der Waals surface area contributed by atoms with E-state index in [0.29, 0.717) is 5.76 Å². The molecule has 2 heterocycles. The fourth-order valence-electron chi connectivity index (χ4n) is 1.96. The van der Waals surface area contributed by atoms with E-state index in [1.54, 1.807) is 7.11 Å². The number of para-hydroxylation sites is 1. The van der Waals surface area contributed by atoms with E-state index in [4.69, 9.17) is 9.47 Å². The molecule has 2 aromatic rings. The van der Waals surface area contributed by atoms with Crippen molar-refractivity contribution < 1.29 is 9.47 Å². The summed E-state index contributed by atoms with van der Waals surface area (Å²) in [6.07, 6.45) is -0.375. The highest BCUT2D eigenvalue weighted by atomic mass is 16.7. The Morgan fingerprint density at radius 2 is 2.19 bits per heavy atom. The zero-order valence-electron chi connectivity index (χ0n) is 8.93. The van der Waals surface area contributed by atoms with Gasteiger partial charge in [-0.3, -0.25) is 0 Å². The molecule has 1 aromatic heterocycles. The average molecular weight is 213 g/mol. The number of rotatable bonds is 1. The summed E-state index contributed by atoms with van der Waals surface area (Å²) in [6.45, 7) is 3.84. The minimum atomic E-state index is -0.375. The average Bonchev–Trinajstić information content (AvgIpc) is 2.63. The Hall–Kier alpha value is -1.87. The van der Waals surface area contributed by atoms with Gasteiger partial charge in [0.2, 0.25) is 6.29 Å². The fourth-order valence-corrected chi connectivity index (χ4v) is 1.96. The Kier molecular flexibility index (Phi) is 1.94. The molecule has 0 radical (unpaired) electrons. The second-order valence-corrected chi connectivity index (χ2v) is 3.73. The standard InChI is InChI=1S/C13H11NO2/c1-8-12-10(13(15-2)16-8)7-9-5-3-4-6-11(9)14-12/h3-7,13H,1H2,2H3. The summed E-state index contributed by atoms with van der Waals surface area (Å²) in [5.41, 5.74) is 2.69. The maximum absolute atomic E-state index is 5.47. The van der Waals surface area contributed by atoms with Crippen molar-refractivity contribution in [2.75, 3.05) is 7.11 Å². The largest absolute Gasteiger partial charge is 0.459 e. The summed E-state index contributed by atoms with van der Waals surface area (Å²) < 4.78 is 10.7. The molecule has 80 valence electrons. The molecule has 3 rings (SSSR count). The van der Waals surface area contributed by atoms with Gasteiger partial charge in [-0.05, 0) is 12.1 Å². The van der Waals surface area contributed by atoms with E-state index in [2.05, 4.69) is 11.6 Å². The third-order valence-corrected chi connectivity index (χ3v) is 2.73. The molecule has 1 atom stereocenters. The molecule has 1 unspecified atom stereocenters. The van der Waals surface area contributed by atoms with E-state index in [9.17, 15) is 0 Å². The van der Waals surface area contributed by atoms with Crippen molar-refractivity contribution in [2.24, 2.45) is 0 Å². The molecule has 0 aliphatic carbocycles. The minimum absolute atomic E-state index is 0.375. The van der Waals surface area contributed by atoms with Gasteiger partial charge in [0.25, 0.3) is 0 Å². The first-order valence-corrected chi connectivity index (χ1v) is 5.08. The third-order valence-electron chi connectivity index (χ3n) is 2.73. The van der Waals surface area contributed by atoms with E-state index in [1.807, 2.05) is 30.3 Å². The van der Waals surface area contributed by atoms with Crippen LogP contribution in [-0.4, -0.2) is 12.1 Å². The van der Waals surface area contributed by atoms with E-state index >= 15 is 0 Å². The normalized spacial score (nSPS) is 18.6. The minimum Gasteiger partial charge on any atom is -0.459 e. The third kappa shape index (κ3) is 1.22. The van der Waals surface area contributed by atoms with Crippen molar-refractivity contribution in [3.8, 4) is 0 Å². The zero-order chi connectivity index (χ0) is 11.1. The highest BCUT2D eigenvalue weighted by Crippen LogP contribution is 2.37. The number of nitrogens with zero attached hydrogens (tertiary/aromatic N) is 1. The van der Waals surface area contributed by atoms with Crippen LogP contribution in [-0.2, 0) is 9.47 Å². The van der Waals surface area contributed by atoms with Crippen molar-refractivity contribution in [3.05, 3.63) is 48.2 Å². The van der Waals surface area contributed by atoms with Crippen LogP contribution in [0.1, 0.15) is 17.5 Å². The topological polar surface area (TPSA) is 31.4 Å². The number of fused-ring (bicyclic) bond motifs is 2. The van der Waals surface area contributed by atoms with Crippen LogP contribution in [0.25, 0.3) is 16.7 Å². The van der Waals surface area contributed by atoms with Crippen LogP contribution in [0.5, 0.6) is 0 Å². The maximum atomic E-state index is 5.47. The SMILES string of the molecule is C=C1OC(OC)c2cc3ccccc3nc21. The van der Waals surface area contributed by atoms with Crippen LogP contribution in [0.4, 0.5) is 0 Å². The van der Waals surface area contributed by atoms with Crippen LogP contribution in [0.3, 0.4) is 0 Å². The summed E-state index contributed by atoms with van der Waals surface area (Å²) in [5.74, 6) is 0.576. The molecule has 1 aliphatic rings. The first-order valence-electron chi connectivity index (χ1n) is 5.08. The molecular formula is C13H11NO2. The highest BCUT2D eigenvalue weighted by molar-refractivity contribution is 5.82. The number of pyridine rings is 1. The Bertz CT molecular complexity index is 577. The summed E-state index contributed by atoms with van der Waals surface area (Å²) in [7, 11) is 1.61. The van der Waals surface area contributed by atoms with Gasteiger partial charge in [0, 0.05) is 12.5 Å². The van der Waals surface area contributed by atoms with E-state index < -0.39 is 0 Å². The smallest absolute Gasteiger partial charge is 0.228 e. The molecule has 0 N–H and O–H groups in total. The van der Waals surface area contributed by atoms with Gasteiger partial charge >= 0.3 is 0 Å². The van der Waals surface area contributed by atoms with Crippen molar-refractivity contribution >= 4 is 16.7 Å². The quantitative estimate of drug-likeness (QED) is 0.729. The lowest BCUT2D eigenvalue weighted by Crippen LogP contribution is -1.98. The van der Waals surface area contributed by atoms with E-state index in [0.717, 1.165) is 22.2 Å². The Morgan fingerprint density at radius 3 is 3.00 bits per heavy atom. The van der Waals surface area contributed by atoms with Crippen LogP contribution in [0.2, 0.25) is 0 Å². The van der Waals surface area contributed by atoms with Gasteiger partial charge in [-0.25, -0.2) is 4.98 Å². The molecule has 0 saturated heterocycles. The number of hydrogen-bond donors (Lipinski definition) is 0. The van der Waals surface area contributed by atoms with Gasteiger partial charge in [0.1, 0.15) is 11.5 Å². The number of hydrogen-bond acceptors (Lipinski definition) is 3. The van der Waals surface area contributed by atoms with Gasteiger partial charge in [-0.15, -0.1) is 0 Å².